The van der Waals surface area contributed by atoms with Crippen molar-refractivity contribution in [2.45, 2.75) is 13.5 Å². The van der Waals surface area contributed by atoms with Gasteiger partial charge in [0.2, 0.25) is 0 Å². The molecular weight excluding hydrogens is 449 g/mol. The molecule has 0 saturated heterocycles. The van der Waals surface area contributed by atoms with Gasteiger partial charge in [0, 0.05) is 41.6 Å². The standard InChI is InChI=1S/C25H20FN7S/c1-2-27-10-14-7-17(12-28-11-14)16-8-19-21(20(26)9-16)32-33-23(19)25-30-22-18(15-4-6-34-13-15)3-5-29-24(22)31-25/h3-9,11-13,27H,2,10H2,1H3,(H,32,33)(H,29,30,31). The van der Waals surface area contributed by atoms with Crippen molar-refractivity contribution in [1.82, 2.24) is 35.5 Å². The number of pyridine rings is 2. The van der Waals surface area contributed by atoms with E-state index in [1.807, 2.05) is 29.8 Å². The first-order chi connectivity index (χ1) is 16.7. The number of benzene rings is 1. The van der Waals surface area contributed by atoms with Crippen LogP contribution in [-0.4, -0.2) is 36.7 Å². The zero-order valence-electron chi connectivity index (χ0n) is 18.3. The molecule has 34 heavy (non-hydrogen) atoms. The van der Waals surface area contributed by atoms with Gasteiger partial charge in [-0.05, 0) is 64.3 Å². The highest BCUT2D eigenvalue weighted by molar-refractivity contribution is 7.08. The minimum absolute atomic E-state index is 0.266. The predicted octanol–water partition coefficient (Wildman–Crippen LogP) is 5.54. The lowest BCUT2D eigenvalue weighted by molar-refractivity contribution is 0.636. The second-order valence-electron chi connectivity index (χ2n) is 7.97. The van der Waals surface area contributed by atoms with Crippen LogP contribution in [0.2, 0.25) is 0 Å². The van der Waals surface area contributed by atoms with Crippen molar-refractivity contribution in [3.63, 3.8) is 0 Å². The molecule has 0 amide bonds. The molecule has 9 heteroatoms. The lowest BCUT2D eigenvalue weighted by Gasteiger charge is -2.06. The van der Waals surface area contributed by atoms with Gasteiger partial charge in [-0.2, -0.15) is 16.4 Å². The number of nitrogens with zero attached hydrogens (tertiary/aromatic N) is 4. The second-order valence-corrected chi connectivity index (χ2v) is 8.75. The van der Waals surface area contributed by atoms with Crippen molar-refractivity contribution in [1.29, 1.82) is 0 Å². The van der Waals surface area contributed by atoms with Crippen molar-refractivity contribution in [2.24, 2.45) is 0 Å². The highest BCUT2D eigenvalue weighted by atomic mass is 32.1. The van der Waals surface area contributed by atoms with Crippen LogP contribution in [0.1, 0.15) is 12.5 Å². The molecule has 0 aliphatic heterocycles. The lowest BCUT2D eigenvalue weighted by Crippen LogP contribution is -2.11. The summed E-state index contributed by atoms with van der Waals surface area (Å²) >= 11 is 1.63. The van der Waals surface area contributed by atoms with Crippen LogP contribution in [0.3, 0.4) is 0 Å². The monoisotopic (exact) mass is 469 g/mol. The normalized spacial score (nSPS) is 11.6. The fourth-order valence-electron chi connectivity index (χ4n) is 4.12. The third-order valence-electron chi connectivity index (χ3n) is 5.78. The molecule has 1 aromatic carbocycles. The van der Waals surface area contributed by atoms with Crippen LogP contribution in [0.4, 0.5) is 4.39 Å². The van der Waals surface area contributed by atoms with Crippen LogP contribution >= 0.6 is 11.3 Å². The number of H-pyrrole nitrogens is 2. The van der Waals surface area contributed by atoms with Gasteiger partial charge >= 0.3 is 0 Å². The van der Waals surface area contributed by atoms with Gasteiger partial charge in [-0.25, -0.2) is 14.4 Å². The van der Waals surface area contributed by atoms with Gasteiger partial charge in [0.25, 0.3) is 0 Å². The van der Waals surface area contributed by atoms with Crippen molar-refractivity contribution < 1.29 is 4.39 Å². The van der Waals surface area contributed by atoms with Crippen molar-refractivity contribution in [3.05, 3.63) is 71.1 Å². The summed E-state index contributed by atoms with van der Waals surface area (Å²) in [6.45, 7) is 3.62. The Labute approximate surface area is 198 Å². The molecule has 5 aromatic heterocycles. The van der Waals surface area contributed by atoms with E-state index >= 15 is 4.39 Å². The predicted molar refractivity (Wildman–Crippen MR) is 133 cm³/mol. The number of halogens is 1. The minimum Gasteiger partial charge on any atom is -0.335 e. The second kappa shape index (κ2) is 8.44. The van der Waals surface area contributed by atoms with E-state index in [-0.39, 0.29) is 5.52 Å². The Kier molecular flexibility index (Phi) is 5.12. The van der Waals surface area contributed by atoms with E-state index in [0.29, 0.717) is 29.1 Å². The topological polar surface area (TPSA) is 95.2 Å². The molecule has 0 aliphatic rings. The number of thiophene rings is 1. The molecule has 0 spiro atoms. The number of nitrogens with one attached hydrogen (secondary N) is 3. The van der Waals surface area contributed by atoms with Crippen LogP contribution in [0.25, 0.3) is 55.8 Å². The maximum Gasteiger partial charge on any atom is 0.178 e. The van der Waals surface area contributed by atoms with Gasteiger partial charge in [-0.1, -0.05) is 6.92 Å². The Bertz CT molecular complexity index is 1620. The Morgan fingerprint density at radius 3 is 2.88 bits per heavy atom. The van der Waals surface area contributed by atoms with Gasteiger partial charge in [0.05, 0.1) is 5.52 Å². The Hall–Kier alpha value is -3.95. The molecule has 5 heterocycles. The minimum atomic E-state index is -0.403. The highest BCUT2D eigenvalue weighted by Gasteiger charge is 2.18. The molecule has 0 radical (unpaired) electrons. The smallest absolute Gasteiger partial charge is 0.178 e. The zero-order chi connectivity index (χ0) is 23.1. The quantitative estimate of drug-likeness (QED) is 0.298. The molecule has 0 atom stereocenters. The molecule has 0 fully saturated rings. The number of fused-ring (bicyclic) bond motifs is 2. The van der Waals surface area contributed by atoms with Crippen LogP contribution in [0.15, 0.2) is 59.7 Å². The molecule has 0 unspecified atom stereocenters. The molecule has 168 valence electrons. The van der Waals surface area contributed by atoms with Gasteiger partial charge in [-0.3, -0.25) is 10.1 Å². The summed E-state index contributed by atoms with van der Waals surface area (Å²) in [4.78, 5) is 16.8. The van der Waals surface area contributed by atoms with Gasteiger partial charge < -0.3 is 10.3 Å². The fraction of sp³-hybridized carbons (Fsp3) is 0.120. The third-order valence-corrected chi connectivity index (χ3v) is 6.46. The number of aromatic nitrogens is 6. The van der Waals surface area contributed by atoms with Crippen LogP contribution < -0.4 is 5.32 Å². The Balaban J connectivity index is 1.47. The summed E-state index contributed by atoms with van der Waals surface area (Å²) in [6.07, 6.45) is 5.31. The fourth-order valence-corrected chi connectivity index (χ4v) is 4.78. The summed E-state index contributed by atoms with van der Waals surface area (Å²) in [5.74, 6) is 0.156. The van der Waals surface area contributed by atoms with E-state index in [9.17, 15) is 0 Å². The summed E-state index contributed by atoms with van der Waals surface area (Å²) in [5.41, 5.74) is 7.03. The summed E-state index contributed by atoms with van der Waals surface area (Å²) in [6, 6.07) is 9.46. The van der Waals surface area contributed by atoms with E-state index in [4.69, 9.17) is 0 Å². The molecular formula is C25H20FN7S. The van der Waals surface area contributed by atoms with Crippen molar-refractivity contribution >= 4 is 33.4 Å². The first-order valence-corrected chi connectivity index (χ1v) is 11.9. The molecule has 6 aromatic rings. The van der Waals surface area contributed by atoms with E-state index in [1.165, 1.54) is 6.07 Å². The maximum atomic E-state index is 15.1. The molecule has 0 bridgehead atoms. The van der Waals surface area contributed by atoms with E-state index in [2.05, 4.69) is 53.8 Å². The highest BCUT2D eigenvalue weighted by Crippen LogP contribution is 2.34. The van der Waals surface area contributed by atoms with E-state index in [1.54, 1.807) is 23.7 Å². The molecule has 0 aliphatic carbocycles. The van der Waals surface area contributed by atoms with Crippen LogP contribution in [0, 0.1) is 5.82 Å². The largest absolute Gasteiger partial charge is 0.335 e. The Morgan fingerprint density at radius 1 is 1.09 bits per heavy atom. The van der Waals surface area contributed by atoms with Gasteiger partial charge in [0.1, 0.15) is 11.2 Å². The summed E-state index contributed by atoms with van der Waals surface area (Å²) < 4.78 is 15.1. The molecule has 6 rings (SSSR count). The first kappa shape index (κ1) is 20.6. The van der Waals surface area contributed by atoms with E-state index < -0.39 is 5.82 Å². The third kappa shape index (κ3) is 3.55. The number of imidazole rings is 1. The van der Waals surface area contributed by atoms with Crippen molar-refractivity contribution in [3.8, 4) is 33.8 Å². The van der Waals surface area contributed by atoms with E-state index in [0.717, 1.165) is 39.9 Å². The first-order valence-electron chi connectivity index (χ1n) is 10.9. The SMILES string of the molecule is CCNCc1cncc(-c2cc(F)c3n[nH]c(-c4nc5nccc(-c6ccsc6)c5[nH]4)c3c2)c1. The molecule has 0 saturated carbocycles. The summed E-state index contributed by atoms with van der Waals surface area (Å²) in [7, 11) is 0. The Morgan fingerprint density at radius 2 is 2.03 bits per heavy atom. The lowest BCUT2D eigenvalue weighted by atomic mass is 10.0. The maximum absolute atomic E-state index is 15.1. The van der Waals surface area contributed by atoms with Crippen molar-refractivity contribution in [2.75, 3.05) is 6.54 Å². The van der Waals surface area contributed by atoms with Gasteiger partial charge in [0.15, 0.2) is 17.3 Å². The van der Waals surface area contributed by atoms with Crippen LogP contribution in [-0.2, 0) is 6.54 Å². The number of rotatable bonds is 6. The zero-order valence-corrected chi connectivity index (χ0v) is 19.1. The molecule has 3 N–H and O–H groups in total. The average Bonchev–Trinajstić information content (AvgIpc) is 3.62. The molecule has 7 nitrogen and oxygen atoms in total. The van der Waals surface area contributed by atoms with Gasteiger partial charge in [-0.15, -0.1) is 0 Å². The van der Waals surface area contributed by atoms with Crippen LogP contribution in [0.5, 0.6) is 0 Å². The summed E-state index contributed by atoms with van der Waals surface area (Å²) in [5, 5.41) is 15.2. The number of aromatic amines is 2. The average molecular weight is 470 g/mol. The number of hydrogen-bond donors (Lipinski definition) is 3. The number of hydrogen-bond acceptors (Lipinski definition) is 6.